The van der Waals surface area contributed by atoms with Gasteiger partial charge >= 0.3 is 6.16 Å². The third-order valence-electron chi connectivity index (χ3n) is 3.18. The number of hydrogen-bond donors (Lipinski definition) is 0. The van der Waals surface area contributed by atoms with Gasteiger partial charge in [-0.3, -0.25) is 0 Å². The van der Waals surface area contributed by atoms with Crippen molar-refractivity contribution in [3.8, 4) is 0 Å². The van der Waals surface area contributed by atoms with E-state index in [1.807, 2.05) is 0 Å². The molecule has 0 aliphatic heterocycles. The van der Waals surface area contributed by atoms with Gasteiger partial charge in [0.2, 0.25) is 0 Å². The van der Waals surface area contributed by atoms with Gasteiger partial charge in [-0.15, -0.1) is 0 Å². The van der Waals surface area contributed by atoms with Crippen molar-refractivity contribution >= 4 is 6.16 Å². The van der Waals surface area contributed by atoms with Crippen molar-refractivity contribution in [3.63, 3.8) is 0 Å². The van der Waals surface area contributed by atoms with E-state index in [1.54, 1.807) is 0 Å². The Bertz CT molecular complexity index is 260. The SMILES string of the molecule is CCCCOC(=O)OC1CC2C=CC1C2. The minimum atomic E-state index is -0.491. The molecule has 0 amide bonds. The third-order valence-corrected chi connectivity index (χ3v) is 3.18. The minimum absolute atomic E-state index is 0.0640. The molecule has 0 aromatic carbocycles. The molecule has 2 bridgehead atoms. The fraction of sp³-hybridized carbons (Fsp3) is 0.750. The van der Waals surface area contributed by atoms with Crippen LogP contribution in [0.25, 0.3) is 0 Å². The predicted molar refractivity (Wildman–Crippen MR) is 56.5 cm³/mol. The molecular formula is C12H18O3. The van der Waals surface area contributed by atoms with Gasteiger partial charge < -0.3 is 9.47 Å². The number of fused-ring (bicyclic) bond motifs is 2. The number of hydrogen-bond acceptors (Lipinski definition) is 3. The topological polar surface area (TPSA) is 35.5 Å². The normalized spacial score (nSPS) is 31.9. The van der Waals surface area contributed by atoms with Crippen LogP contribution < -0.4 is 0 Å². The first-order valence-electron chi connectivity index (χ1n) is 5.81. The Hall–Kier alpha value is -0.990. The van der Waals surface area contributed by atoms with Gasteiger partial charge in [-0.25, -0.2) is 4.79 Å². The van der Waals surface area contributed by atoms with Gasteiger partial charge in [-0.05, 0) is 25.2 Å². The lowest BCUT2D eigenvalue weighted by molar-refractivity contribution is 0.0147. The Morgan fingerprint density at radius 3 is 2.87 bits per heavy atom. The number of ether oxygens (including phenoxy) is 2. The molecule has 3 atom stereocenters. The van der Waals surface area contributed by atoms with Crippen LogP contribution in [0.1, 0.15) is 32.6 Å². The molecule has 0 N–H and O–H groups in total. The number of allylic oxidation sites excluding steroid dienone is 1. The highest BCUT2D eigenvalue weighted by molar-refractivity contribution is 5.60. The van der Waals surface area contributed by atoms with Gasteiger partial charge in [0, 0.05) is 5.92 Å². The van der Waals surface area contributed by atoms with Gasteiger partial charge in [0.1, 0.15) is 6.10 Å². The van der Waals surface area contributed by atoms with Crippen LogP contribution in [0.5, 0.6) is 0 Å². The Morgan fingerprint density at radius 1 is 1.40 bits per heavy atom. The van der Waals surface area contributed by atoms with E-state index in [0.717, 1.165) is 25.7 Å². The highest BCUT2D eigenvalue weighted by atomic mass is 16.7. The van der Waals surface area contributed by atoms with Crippen molar-refractivity contribution in [2.24, 2.45) is 11.8 Å². The number of carbonyl (C=O) groups excluding carboxylic acids is 1. The lowest BCUT2D eigenvalue weighted by Gasteiger charge is -2.18. The van der Waals surface area contributed by atoms with Crippen LogP contribution >= 0.6 is 0 Å². The quantitative estimate of drug-likeness (QED) is 0.406. The molecule has 0 aromatic rings. The van der Waals surface area contributed by atoms with Crippen LogP contribution in [0.3, 0.4) is 0 Å². The van der Waals surface area contributed by atoms with Crippen LogP contribution in [0, 0.1) is 11.8 Å². The van der Waals surface area contributed by atoms with Crippen molar-refractivity contribution in [1.29, 1.82) is 0 Å². The van der Waals surface area contributed by atoms with Gasteiger partial charge in [0.15, 0.2) is 0 Å². The molecule has 2 aliphatic carbocycles. The van der Waals surface area contributed by atoms with Crippen LogP contribution in [-0.4, -0.2) is 18.9 Å². The summed E-state index contributed by atoms with van der Waals surface area (Å²) in [6.45, 7) is 2.54. The summed E-state index contributed by atoms with van der Waals surface area (Å²) in [7, 11) is 0. The van der Waals surface area contributed by atoms with E-state index in [9.17, 15) is 4.79 Å². The second-order valence-electron chi connectivity index (χ2n) is 4.39. The summed E-state index contributed by atoms with van der Waals surface area (Å²) in [6.07, 6.45) is 8.03. The zero-order chi connectivity index (χ0) is 10.7. The molecule has 3 unspecified atom stereocenters. The minimum Gasteiger partial charge on any atom is -0.434 e. The van der Waals surface area contributed by atoms with Crippen LogP contribution in [0.15, 0.2) is 12.2 Å². The summed E-state index contributed by atoms with van der Waals surface area (Å²) in [6, 6.07) is 0. The van der Waals surface area contributed by atoms with Gasteiger partial charge in [-0.1, -0.05) is 25.5 Å². The number of carbonyl (C=O) groups is 1. The predicted octanol–water partition coefficient (Wildman–Crippen LogP) is 2.90. The largest absolute Gasteiger partial charge is 0.508 e. The summed E-state index contributed by atoms with van der Waals surface area (Å²) in [5, 5.41) is 0. The first-order chi connectivity index (χ1) is 7.29. The fourth-order valence-corrected chi connectivity index (χ4v) is 2.32. The summed E-state index contributed by atoms with van der Waals surface area (Å²) in [4.78, 5) is 11.3. The lowest BCUT2D eigenvalue weighted by atomic mass is 10.1. The first kappa shape index (κ1) is 10.5. The molecule has 0 spiro atoms. The zero-order valence-electron chi connectivity index (χ0n) is 9.15. The van der Waals surface area contributed by atoms with Gasteiger partial charge in [0.25, 0.3) is 0 Å². The standard InChI is InChI=1S/C12H18O3/c1-2-3-6-14-12(13)15-11-8-9-4-5-10(11)7-9/h4-5,9-11H,2-3,6-8H2,1H3. The second-order valence-corrected chi connectivity index (χ2v) is 4.39. The average molecular weight is 210 g/mol. The molecule has 3 heteroatoms. The molecule has 84 valence electrons. The number of rotatable bonds is 4. The molecule has 3 nitrogen and oxygen atoms in total. The maximum atomic E-state index is 11.3. The van der Waals surface area contributed by atoms with Crippen molar-refractivity contribution < 1.29 is 14.3 Å². The Morgan fingerprint density at radius 2 is 2.27 bits per heavy atom. The highest BCUT2D eigenvalue weighted by Gasteiger charge is 2.38. The van der Waals surface area contributed by atoms with Crippen LogP contribution in [0.4, 0.5) is 4.79 Å². The van der Waals surface area contributed by atoms with Gasteiger partial charge in [-0.2, -0.15) is 0 Å². The summed E-state index contributed by atoms with van der Waals surface area (Å²) in [5.74, 6) is 1.07. The maximum Gasteiger partial charge on any atom is 0.508 e. The van der Waals surface area contributed by atoms with E-state index in [0.29, 0.717) is 18.4 Å². The van der Waals surface area contributed by atoms with E-state index >= 15 is 0 Å². The van der Waals surface area contributed by atoms with Crippen LogP contribution in [-0.2, 0) is 9.47 Å². The Kier molecular flexibility index (Phi) is 3.29. The molecule has 0 heterocycles. The van der Waals surface area contributed by atoms with Crippen molar-refractivity contribution in [1.82, 2.24) is 0 Å². The van der Waals surface area contributed by atoms with E-state index in [4.69, 9.17) is 9.47 Å². The molecular weight excluding hydrogens is 192 g/mol. The molecule has 1 fully saturated rings. The van der Waals surface area contributed by atoms with E-state index in [1.165, 1.54) is 0 Å². The molecule has 0 saturated heterocycles. The smallest absolute Gasteiger partial charge is 0.434 e. The van der Waals surface area contributed by atoms with E-state index in [-0.39, 0.29) is 6.10 Å². The zero-order valence-corrected chi connectivity index (χ0v) is 9.15. The summed E-state index contributed by atoms with van der Waals surface area (Å²) >= 11 is 0. The maximum absolute atomic E-state index is 11.3. The van der Waals surface area contributed by atoms with Crippen molar-refractivity contribution in [3.05, 3.63) is 12.2 Å². The van der Waals surface area contributed by atoms with Crippen LogP contribution in [0.2, 0.25) is 0 Å². The Balaban J connectivity index is 1.69. The second kappa shape index (κ2) is 4.69. The molecule has 1 saturated carbocycles. The number of unbranched alkanes of at least 4 members (excludes halogenated alkanes) is 1. The highest BCUT2D eigenvalue weighted by Crippen LogP contribution is 2.40. The van der Waals surface area contributed by atoms with Gasteiger partial charge in [0.05, 0.1) is 6.61 Å². The average Bonchev–Trinajstić information content (AvgIpc) is 2.79. The monoisotopic (exact) mass is 210 g/mol. The summed E-state index contributed by atoms with van der Waals surface area (Å²) in [5.41, 5.74) is 0. The van der Waals surface area contributed by atoms with Crippen molar-refractivity contribution in [2.75, 3.05) is 6.61 Å². The summed E-state index contributed by atoms with van der Waals surface area (Å²) < 4.78 is 10.2. The lowest BCUT2D eigenvalue weighted by Crippen LogP contribution is -2.23. The third kappa shape index (κ3) is 2.52. The van der Waals surface area contributed by atoms with E-state index in [2.05, 4.69) is 19.1 Å². The van der Waals surface area contributed by atoms with Crippen molar-refractivity contribution in [2.45, 2.75) is 38.7 Å². The van der Waals surface area contributed by atoms with E-state index < -0.39 is 6.16 Å². The first-order valence-corrected chi connectivity index (χ1v) is 5.81. The molecule has 0 radical (unpaired) electrons. The molecule has 15 heavy (non-hydrogen) atoms. The fourth-order valence-electron chi connectivity index (χ4n) is 2.32. The molecule has 0 aromatic heterocycles. The molecule has 2 aliphatic rings. The molecule has 2 rings (SSSR count). The Labute approximate surface area is 90.4 Å².